The van der Waals surface area contributed by atoms with Gasteiger partial charge in [-0.15, -0.1) is 11.6 Å². The fraction of sp³-hybridized carbons (Fsp3) is 0.583. The zero-order valence-electron chi connectivity index (χ0n) is 9.84. The van der Waals surface area contributed by atoms with Gasteiger partial charge in [0.25, 0.3) is 0 Å². The van der Waals surface area contributed by atoms with Crippen molar-refractivity contribution in [2.24, 2.45) is 0 Å². The monoisotopic (exact) mass is 256 g/mol. The normalized spacial score (nSPS) is 25.0. The molecule has 1 saturated heterocycles. The van der Waals surface area contributed by atoms with Crippen molar-refractivity contribution in [2.45, 2.75) is 25.0 Å². The third-order valence-electron chi connectivity index (χ3n) is 2.84. The second kappa shape index (κ2) is 5.67. The van der Waals surface area contributed by atoms with Crippen molar-refractivity contribution in [1.29, 1.82) is 0 Å². The molecule has 1 aliphatic heterocycles. The maximum atomic E-state index is 9.20. The van der Waals surface area contributed by atoms with Gasteiger partial charge < -0.3 is 14.7 Å². The molecule has 5 heteroatoms. The number of alkyl halides is 1. The van der Waals surface area contributed by atoms with Crippen molar-refractivity contribution >= 4 is 17.4 Å². The molecule has 0 bridgehead atoms. The summed E-state index contributed by atoms with van der Waals surface area (Å²) in [4.78, 5) is 6.51. The van der Waals surface area contributed by atoms with Crippen molar-refractivity contribution in [1.82, 2.24) is 4.98 Å². The van der Waals surface area contributed by atoms with Crippen LogP contribution in [0.2, 0.25) is 0 Å². The van der Waals surface area contributed by atoms with Gasteiger partial charge in [0.2, 0.25) is 0 Å². The molecule has 0 spiro atoms. The van der Waals surface area contributed by atoms with Gasteiger partial charge in [-0.1, -0.05) is 6.07 Å². The van der Waals surface area contributed by atoms with Crippen LogP contribution in [0.15, 0.2) is 18.3 Å². The molecule has 4 nitrogen and oxygen atoms in total. The predicted octanol–water partition coefficient (Wildman–Crippen LogP) is 1.41. The van der Waals surface area contributed by atoms with E-state index >= 15 is 0 Å². The topological polar surface area (TPSA) is 45.6 Å². The van der Waals surface area contributed by atoms with E-state index in [9.17, 15) is 5.11 Å². The van der Waals surface area contributed by atoms with Crippen molar-refractivity contribution in [2.75, 3.05) is 24.6 Å². The van der Waals surface area contributed by atoms with E-state index in [1.807, 2.05) is 19.1 Å². The number of aromatic nitrogens is 1. The summed E-state index contributed by atoms with van der Waals surface area (Å²) in [5, 5.41) is 9.20. The number of pyridine rings is 1. The highest BCUT2D eigenvalue weighted by atomic mass is 35.5. The quantitative estimate of drug-likeness (QED) is 0.831. The molecule has 2 atom stereocenters. The summed E-state index contributed by atoms with van der Waals surface area (Å²) in [6, 6.07) is 3.86. The first kappa shape index (κ1) is 12.6. The zero-order valence-corrected chi connectivity index (χ0v) is 10.6. The maximum absolute atomic E-state index is 9.20. The summed E-state index contributed by atoms with van der Waals surface area (Å²) >= 11 is 5.91. The molecule has 0 aromatic carbocycles. The van der Waals surface area contributed by atoms with Gasteiger partial charge in [-0.2, -0.15) is 0 Å². The Kier molecular flexibility index (Phi) is 4.20. The molecule has 0 aliphatic carbocycles. The van der Waals surface area contributed by atoms with E-state index in [0.29, 0.717) is 12.4 Å². The molecule has 0 saturated carbocycles. The van der Waals surface area contributed by atoms with Gasteiger partial charge in [0.15, 0.2) is 0 Å². The number of halogens is 1. The number of aliphatic hydroxyl groups is 1. The van der Waals surface area contributed by atoms with Crippen LogP contribution in [0.25, 0.3) is 0 Å². The Labute approximate surface area is 106 Å². The molecule has 1 aromatic rings. The SMILES string of the molecule is CC1CN(c2ncccc2CCl)CC(CO)O1. The highest BCUT2D eigenvalue weighted by molar-refractivity contribution is 6.17. The van der Waals surface area contributed by atoms with E-state index in [1.165, 1.54) is 0 Å². The Hall–Kier alpha value is -0.840. The van der Waals surface area contributed by atoms with Crippen LogP contribution in [0.3, 0.4) is 0 Å². The van der Waals surface area contributed by atoms with Gasteiger partial charge in [-0.3, -0.25) is 0 Å². The first-order valence-electron chi connectivity index (χ1n) is 5.75. The molecule has 17 heavy (non-hydrogen) atoms. The first-order valence-corrected chi connectivity index (χ1v) is 6.29. The molecule has 0 amide bonds. The fourth-order valence-electron chi connectivity index (χ4n) is 2.14. The third kappa shape index (κ3) is 2.89. The van der Waals surface area contributed by atoms with Crippen LogP contribution in [0.5, 0.6) is 0 Å². The lowest BCUT2D eigenvalue weighted by molar-refractivity contribution is -0.0423. The molecule has 2 rings (SSSR count). The molecule has 2 unspecified atom stereocenters. The molecule has 1 fully saturated rings. The molecule has 1 aromatic heterocycles. The van der Waals surface area contributed by atoms with Gasteiger partial charge in [-0.05, 0) is 13.0 Å². The lowest BCUT2D eigenvalue weighted by Gasteiger charge is -2.37. The van der Waals surface area contributed by atoms with Crippen LogP contribution in [0.4, 0.5) is 5.82 Å². The van der Waals surface area contributed by atoms with Gasteiger partial charge >= 0.3 is 0 Å². The first-order chi connectivity index (χ1) is 8.24. The van der Waals surface area contributed by atoms with Crippen LogP contribution < -0.4 is 4.90 Å². The van der Waals surface area contributed by atoms with E-state index in [-0.39, 0.29) is 18.8 Å². The largest absolute Gasteiger partial charge is 0.394 e. The molecule has 2 heterocycles. The smallest absolute Gasteiger partial charge is 0.133 e. The van der Waals surface area contributed by atoms with Gasteiger partial charge in [0.05, 0.1) is 24.7 Å². The maximum Gasteiger partial charge on any atom is 0.133 e. The molecular weight excluding hydrogens is 240 g/mol. The Morgan fingerprint density at radius 3 is 3.12 bits per heavy atom. The molecule has 1 aliphatic rings. The lowest BCUT2D eigenvalue weighted by atomic mass is 10.2. The number of anilines is 1. The summed E-state index contributed by atoms with van der Waals surface area (Å²) < 4.78 is 5.61. The summed E-state index contributed by atoms with van der Waals surface area (Å²) in [5.74, 6) is 1.34. The van der Waals surface area contributed by atoms with Crippen molar-refractivity contribution < 1.29 is 9.84 Å². The van der Waals surface area contributed by atoms with E-state index in [2.05, 4.69) is 9.88 Å². The number of hydrogen-bond acceptors (Lipinski definition) is 4. The van der Waals surface area contributed by atoms with Gasteiger partial charge in [0, 0.05) is 24.8 Å². The number of morpholine rings is 1. The van der Waals surface area contributed by atoms with Crippen LogP contribution in [0.1, 0.15) is 12.5 Å². The van der Waals surface area contributed by atoms with Crippen LogP contribution in [0, 0.1) is 0 Å². The lowest BCUT2D eigenvalue weighted by Crippen LogP contribution is -2.48. The number of aliphatic hydroxyl groups excluding tert-OH is 1. The molecular formula is C12H17ClN2O2. The Morgan fingerprint density at radius 2 is 2.41 bits per heavy atom. The van der Waals surface area contributed by atoms with E-state index < -0.39 is 0 Å². The second-order valence-corrected chi connectivity index (χ2v) is 4.54. The van der Waals surface area contributed by atoms with Crippen LogP contribution in [-0.4, -0.2) is 42.0 Å². The molecule has 0 radical (unpaired) electrons. The highest BCUT2D eigenvalue weighted by Gasteiger charge is 2.26. The summed E-state index contributed by atoms with van der Waals surface area (Å²) in [6.07, 6.45) is 1.70. The average Bonchev–Trinajstić information content (AvgIpc) is 2.37. The molecule has 1 N–H and O–H groups in total. The van der Waals surface area contributed by atoms with Crippen molar-refractivity contribution in [3.05, 3.63) is 23.9 Å². The minimum Gasteiger partial charge on any atom is -0.394 e. The molecule has 94 valence electrons. The van der Waals surface area contributed by atoms with Crippen LogP contribution in [-0.2, 0) is 10.6 Å². The van der Waals surface area contributed by atoms with Crippen LogP contribution >= 0.6 is 11.6 Å². The van der Waals surface area contributed by atoms with Gasteiger partial charge in [-0.25, -0.2) is 4.98 Å². The summed E-state index contributed by atoms with van der Waals surface area (Å²) in [7, 11) is 0. The minimum atomic E-state index is -0.149. The van der Waals surface area contributed by atoms with E-state index in [4.69, 9.17) is 16.3 Å². The standard InChI is InChI=1S/C12H17ClN2O2/c1-9-6-15(7-11(8-16)17-9)12-10(5-13)3-2-4-14-12/h2-4,9,11,16H,5-8H2,1H3. The summed E-state index contributed by atoms with van der Waals surface area (Å²) in [6.45, 7) is 3.46. The van der Waals surface area contributed by atoms with E-state index in [1.54, 1.807) is 6.20 Å². The highest BCUT2D eigenvalue weighted by Crippen LogP contribution is 2.23. The van der Waals surface area contributed by atoms with Gasteiger partial charge in [0.1, 0.15) is 5.82 Å². The second-order valence-electron chi connectivity index (χ2n) is 4.28. The Bertz CT molecular complexity index is 375. The van der Waals surface area contributed by atoms with Crippen molar-refractivity contribution in [3.8, 4) is 0 Å². The third-order valence-corrected chi connectivity index (χ3v) is 3.13. The fourth-order valence-corrected chi connectivity index (χ4v) is 2.35. The summed E-state index contributed by atoms with van der Waals surface area (Å²) in [5.41, 5.74) is 1.01. The predicted molar refractivity (Wildman–Crippen MR) is 67.4 cm³/mol. The number of nitrogens with zero attached hydrogens (tertiary/aromatic N) is 2. The minimum absolute atomic E-state index is 0.0316. The average molecular weight is 257 g/mol. The van der Waals surface area contributed by atoms with Crippen molar-refractivity contribution in [3.63, 3.8) is 0 Å². The number of hydrogen-bond donors (Lipinski definition) is 1. The van der Waals surface area contributed by atoms with E-state index in [0.717, 1.165) is 17.9 Å². The Balaban J connectivity index is 2.20. The Morgan fingerprint density at radius 1 is 1.59 bits per heavy atom. The number of rotatable bonds is 3. The zero-order chi connectivity index (χ0) is 12.3. The number of ether oxygens (including phenoxy) is 1.